The van der Waals surface area contributed by atoms with Crippen molar-refractivity contribution in [2.75, 3.05) is 27.2 Å². The molecule has 1 amide bonds. The minimum Gasteiger partial charge on any atom is -0.495 e. The van der Waals surface area contributed by atoms with Gasteiger partial charge in [-0.2, -0.15) is 4.31 Å². The molecule has 1 aliphatic rings. The van der Waals surface area contributed by atoms with E-state index in [-0.39, 0.29) is 10.8 Å². The van der Waals surface area contributed by atoms with Crippen LogP contribution in [0.25, 0.3) is 6.08 Å². The third-order valence-corrected chi connectivity index (χ3v) is 7.38. The van der Waals surface area contributed by atoms with E-state index in [0.717, 1.165) is 24.8 Å². The first-order valence-corrected chi connectivity index (χ1v) is 11.9. The van der Waals surface area contributed by atoms with Crippen molar-refractivity contribution in [3.63, 3.8) is 0 Å². The lowest BCUT2D eigenvalue weighted by atomic mass is 10.1. The van der Waals surface area contributed by atoms with Crippen molar-refractivity contribution in [2.24, 2.45) is 0 Å². The van der Waals surface area contributed by atoms with Gasteiger partial charge in [0.25, 0.3) is 0 Å². The normalized spacial score (nSPS) is 15.2. The van der Waals surface area contributed by atoms with Gasteiger partial charge in [0.05, 0.1) is 7.11 Å². The van der Waals surface area contributed by atoms with Crippen LogP contribution in [0.4, 0.5) is 0 Å². The first-order valence-electron chi connectivity index (χ1n) is 10.5. The number of aryl methyl sites for hydroxylation is 1. The third kappa shape index (κ3) is 5.74. The van der Waals surface area contributed by atoms with E-state index in [1.165, 1.54) is 23.1 Å². The number of sulfonamides is 1. The number of nitrogens with zero attached hydrogens (tertiary/aromatic N) is 2. The van der Waals surface area contributed by atoms with Crippen molar-refractivity contribution in [3.8, 4) is 5.75 Å². The van der Waals surface area contributed by atoms with Crippen LogP contribution in [0, 0.1) is 6.92 Å². The van der Waals surface area contributed by atoms with Crippen molar-refractivity contribution < 1.29 is 17.9 Å². The SMILES string of the molecule is COc1ccc(/C=C/C(=O)N(C)Cc2ccc(C)cc2)cc1S(=O)(=O)N1CCCCC1. The molecule has 2 aromatic carbocycles. The van der Waals surface area contributed by atoms with Crippen LogP contribution in [0.15, 0.2) is 53.4 Å². The molecule has 0 aliphatic carbocycles. The van der Waals surface area contributed by atoms with Crippen LogP contribution < -0.4 is 4.74 Å². The molecule has 1 saturated heterocycles. The summed E-state index contributed by atoms with van der Waals surface area (Å²) in [6.45, 7) is 3.57. The van der Waals surface area contributed by atoms with Gasteiger partial charge in [0.2, 0.25) is 15.9 Å². The predicted octanol–water partition coefficient (Wildman–Crippen LogP) is 3.85. The standard InChI is InChI=1S/C24H30N2O4S/c1-19-7-9-21(10-8-19)18-25(2)24(27)14-12-20-11-13-22(30-3)23(17-20)31(28,29)26-15-5-4-6-16-26/h7-14,17H,4-6,15-16,18H2,1-3H3/b14-12+. The molecule has 0 N–H and O–H groups in total. The predicted molar refractivity (Wildman–Crippen MR) is 122 cm³/mol. The van der Waals surface area contributed by atoms with Crippen LogP contribution in [0.5, 0.6) is 5.75 Å². The van der Waals surface area contributed by atoms with Gasteiger partial charge in [-0.15, -0.1) is 0 Å². The van der Waals surface area contributed by atoms with E-state index >= 15 is 0 Å². The van der Waals surface area contributed by atoms with Gasteiger partial charge in [-0.25, -0.2) is 8.42 Å². The molecule has 0 unspecified atom stereocenters. The summed E-state index contributed by atoms with van der Waals surface area (Å²) >= 11 is 0. The number of ether oxygens (including phenoxy) is 1. The highest BCUT2D eigenvalue weighted by atomic mass is 32.2. The summed E-state index contributed by atoms with van der Waals surface area (Å²) in [7, 11) is -0.443. The molecule has 7 heteroatoms. The van der Waals surface area contributed by atoms with Gasteiger partial charge in [0, 0.05) is 32.8 Å². The molecule has 3 rings (SSSR count). The summed E-state index contributed by atoms with van der Waals surface area (Å²) in [5.74, 6) is 0.155. The minimum atomic E-state index is -3.65. The zero-order valence-corrected chi connectivity index (χ0v) is 19.2. The Morgan fingerprint density at radius 3 is 2.42 bits per heavy atom. The molecular formula is C24H30N2O4S. The van der Waals surface area contributed by atoms with Gasteiger partial charge in [0.1, 0.15) is 10.6 Å². The average molecular weight is 443 g/mol. The molecule has 0 saturated carbocycles. The number of benzene rings is 2. The molecular weight excluding hydrogens is 412 g/mol. The van der Waals surface area contributed by atoms with Crippen LogP contribution in [-0.2, 0) is 21.4 Å². The van der Waals surface area contributed by atoms with Crippen LogP contribution in [0.1, 0.15) is 36.0 Å². The maximum Gasteiger partial charge on any atom is 0.246 e. The number of rotatable bonds is 7. The van der Waals surface area contributed by atoms with E-state index in [0.29, 0.717) is 30.9 Å². The molecule has 31 heavy (non-hydrogen) atoms. The summed E-state index contributed by atoms with van der Waals surface area (Å²) in [5, 5.41) is 0. The number of hydrogen-bond acceptors (Lipinski definition) is 4. The molecule has 0 spiro atoms. The summed E-state index contributed by atoms with van der Waals surface area (Å²) < 4.78 is 33.1. The topological polar surface area (TPSA) is 66.9 Å². The zero-order valence-electron chi connectivity index (χ0n) is 18.4. The van der Waals surface area contributed by atoms with Crippen molar-refractivity contribution in [1.82, 2.24) is 9.21 Å². The molecule has 6 nitrogen and oxygen atoms in total. The number of hydrogen-bond donors (Lipinski definition) is 0. The van der Waals surface area contributed by atoms with E-state index in [1.807, 2.05) is 31.2 Å². The maximum atomic E-state index is 13.1. The van der Waals surface area contributed by atoms with E-state index in [2.05, 4.69) is 0 Å². The second-order valence-electron chi connectivity index (χ2n) is 7.89. The summed E-state index contributed by atoms with van der Waals surface area (Å²) in [5.41, 5.74) is 2.86. The smallest absolute Gasteiger partial charge is 0.246 e. The van der Waals surface area contributed by atoms with Gasteiger partial charge in [-0.05, 0) is 49.1 Å². The molecule has 166 valence electrons. The maximum absolute atomic E-state index is 13.1. The number of piperidine rings is 1. The van der Waals surface area contributed by atoms with E-state index in [1.54, 1.807) is 36.2 Å². The van der Waals surface area contributed by atoms with Crippen molar-refractivity contribution in [1.29, 1.82) is 0 Å². The fourth-order valence-corrected chi connectivity index (χ4v) is 5.29. The molecule has 1 aliphatic heterocycles. The fourth-order valence-electron chi connectivity index (χ4n) is 3.58. The van der Waals surface area contributed by atoms with Crippen molar-refractivity contribution in [2.45, 2.75) is 37.6 Å². The first kappa shape index (κ1) is 23.0. The van der Waals surface area contributed by atoms with Gasteiger partial charge in [-0.1, -0.05) is 42.3 Å². The number of amides is 1. The monoisotopic (exact) mass is 442 g/mol. The van der Waals surface area contributed by atoms with Crippen LogP contribution in [0.2, 0.25) is 0 Å². The molecule has 2 aromatic rings. The van der Waals surface area contributed by atoms with E-state index in [9.17, 15) is 13.2 Å². The Morgan fingerprint density at radius 1 is 1.10 bits per heavy atom. The highest BCUT2D eigenvalue weighted by Gasteiger charge is 2.29. The summed E-state index contributed by atoms with van der Waals surface area (Å²) in [6.07, 6.45) is 5.88. The fraction of sp³-hybridized carbons (Fsp3) is 0.375. The third-order valence-electron chi connectivity index (χ3n) is 5.46. The lowest BCUT2D eigenvalue weighted by molar-refractivity contribution is -0.125. The molecule has 1 fully saturated rings. The number of likely N-dealkylation sites (N-methyl/N-ethyl adjacent to an activating group) is 1. The van der Waals surface area contributed by atoms with Crippen LogP contribution in [-0.4, -0.2) is 50.8 Å². The molecule has 0 aromatic heterocycles. The highest BCUT2D eigenvalue weighted by Crippen LogP contribution is 2.30. The van der Waals surface area contributed by atoms with Gasteiger partial charge in [0.15, 0.2) is 0 Å². The number of carbonyl (C=O) groups excluding carboxylic acids is 1. The van der Waals surface area contributed by atoms with Gasteiger partial charge < -0.3 is 9.64 Å². The Balaban J connectivity index is 1.76. The molecule has 1 heterocycles. The number of methoxy groups -OCH3 is 1. The first-order chi connectivity index (χ1) is 14.8. The van der Waals surface area contributed by atoms with Crippen molar-refractivity contribution >= 4 is 22.0 Å². The molecule has 0 bridgehead atoms. The van der Waals surface area contributed by atoms with Gasteiger partial charge >= 0.3 is 0 Å². The minimum absolute atomic E-state index is 0.138. The van der Waals surface area contributed by atoms with E-state index in [4.69, 9.17) is 4.74 Å². The Bertz CT molecular complexity index is 1040. The van der Waals surface area contributed by atoms with Crippen LogP contribution >= 0.6 is 0 Å². The lowest BCUT2D eigenvalue weighted by Crippen LogP contribution is -2.35. The Kier molecular flexibility index (Phi) is 7.51. The van der Waals surface area contributed by atoms with Gasteiger partial charge in [-0.3, -0.25) is 4.79 Å². The highest BCUT2D eigenvalue weighted by molar-refractivity contribution is 7.89. The second kappa shape index (κ2) is 10.1. The Morgan fingerprint density at radius 2 is 1.77 bits per heavy atom. The van der Waals surface area contributed by atoms with Crippen molar-refractivity contribution in [3.05, 3.63) is 65.2 Å². The lowest BCUT2D eigenvalue weighted by Gasteiger charge is -2.26. The molecule has 0 atom stereocenters. The molecule has 0 radical (unpaired) electrons. The Hall–Kier alpha value is -2.64. The quantitative estimate of drug-likeness (QED) is 0.611. The summed E-state index contributed by atoms with van der Waals surface area (Å²) in [4.78, 5) is 14.3. The Labute approximate surface area is 185 Å². The average Bonchev–Trinajstić information content (AvgIpc) is 2.79. The van der Waals surface area contributed by atoms with E-state index < -0.39 is 10.0 Å². The summed E-state index contributed by atoms with van der Waals surface area (Å²) in [6, 6.07) is 13.0. The largest absolute Gasteiger partial charge is 0.495 e. The second-order valence-corrected chi connectivity index (χ2v) is 9.79. The zero-order chi connectivity index (χ0) is 22.4. The number of carbonyl (C=O) groups is 1. The van der Waals surface area contributed by atoms with Crippen LogP contribution in [0.3, 0.4) is 0 Å².